The smallest absolute Gasteiger partial charge is 0.222 e. The second-order valence-corrected chi connectivity index (χ2v) is 5.70. The van der Waals surface area contributed by atoms with Gasteiger partial charge in [-0.2, -0.15) is 5.26 Å². The lowest BCUT2D eigenvalue weighted by Crippen LogP contribution is -2.31. The van der Waals surface area contributed by atoms with Gasteiger partial charge in [0.2, 0.25) is 5.91 Å². The zero-order valence-corrected chi connectivity index (χ0v) is 14.0. The average molecular weight is 344 g/mol. The van der Waals surface area contributed by atoms with Crippen molar-refractivity contribution in [2.24, 2.45) is 11.7 Å². The van der Waals surface area contributed by atoms with Gasteiger partial charge < -0.3 is 11.1 Å². The molecule has 0 bridgehead atoms. The van der Waals surface area contributed by atoms with Crippen molar-refractivity contribution >= 4 is 23.3 Å². The molecule has 24 heavy (non-hydrogen) atoms. The highest BCUT2D eigenvalue weighted by Gasteiger charge is 2.18. The maximum Gasteiger partial charge on any atom is 0.222 e. The molecule has 1 heterocycles. The molecule has 0 aliphatic heterocycles. The Labute approximate surface area is 145 Å². The molecule has 0 aliphatic carbocycles. The van der Waals surface area contributed by atoms with E-state index in [9.17, 15) is 4.79 Å². The largest absolute Gasteiger partial charge is 0.369 e. The van der Waals surface area contributed by atoms with Gasteiger partial charge in [-0.25, -0.2) is 9.97 Å². The monoisotopic (exact) mass is 343 g/mol. The number of benzene rings is 1. The predicted molar refractivity (Wildman–Crippen MR) is 92.5 cm³/mol. The van der Waals surface area contributed by atoms with E-state index in [2.05, 4.69) is 15.3 Å². The number of aromatic nitrogens is 2. The maximum atomic E-state index is 11.7. The van der Waals surface area contributed by atoms with E-state index in [4.69, 9.17) is 22.6 Å². The average Bonchev–Trinajstić information content (AvgIpc) is 2.59. The number of nitriles is 1. The number of carbonyl (C=O) groups excluding carboxylic acids is 1. The summed E-state index contributed by atoms with van der Waals surface area (Å²) in [5.41, 5.74) is 6.65. The maximum absolute atomic E-state index is 11.7. The molecular weight excluding hydrogens is 326 g/mol. The van der Waals surface area contributed by atoms with E-state index in [1.807, 2.05) is 31.2 Å². The third-order valence-corrected chi connectivity index (χ3v) is 3.93. The number of anilines is 1. The van der Waals surface area contributed by atoms with Gasteiger partial charge in [0.05, 0.1) is 5.92 Å². The SMILES string of the molecule is CCc1nc(C#N)cc(NCC(Cc2ccccc2Cl)C(N)=O)n1. The highest BCUT2D eigenvalue weighted by Crippen LogP contribution is 2.19. The van der Waals surface area contributed by atoms with E-state index in [0.29, 0.717) is 36.1 Å². The lowest BCUT2D eigenvalue weighted by Gasteiger charge is -2.16. The minimum absolute atomic E-state index is 0.283. The Morgan fingerprint density at radius 1 is 1.42 bits per heavy atom. The summed E-state index contributed by atoms with van der Waals surface area (Å²) in [5, 5.41) is 12.7. The summed E-state index contributed by atoms with van der Waals surface area (Å²) < 4.78 is 0. The quantitative estimate of drug-likeness (QED) is 0.802. The van der Waals surface area contributed by atoms with Crippen molar-refractivity contribution < 1.29 is 4.79 Å². The van der Waals surface area contributed by atoms with Gasteiger partial charge in [-0.1, -0.05) is 36.7 Å². The van der Waals surface area contributed by atoms with Crippen LogP contribution in [0.1, 0.15) is 24.0 Å². The summed E-state index contributed by atoms with van der Waals surface area (Å²) in [6.07, 6.45) is 1.04. The van der Waals surface area contributed by atoms with Gasteiger partial charge in [0.1, 0.15) is 23.4 Å². The van der Waals surface area contributed by atoms with Crippen LogP contribution >= 0.6 is 11.6 Å². The van der Waals surface area contributed by atoms with Gasteiger partial charge in [0.15, 0.2) is 0 Å². The second-order valence-electron chi connectivity index (χ2n) is 5.30. The summed E-state index contributed by atoms with van der Waals surface area (Å²) in [7, 11) is 0. The molecule has 124 valence electrons. The number of hydrogen-bond donors (Lipinski definition) is 2. The molecule has 0 saturated heterocycles. The van der Waals surface area contributed by atoms with Crippen LogP contribution in [0.15, 0.2) is 30.3 Å². The van der Waals surface area contributed by atoms with E-state index in [1.165, 1.54) is 0 Å². The molecule has 3 N–H and O–H groups in total. The van der Waals surface area contributed by atoms with Crippen LogP contribution in [-0.4, -0.2) is 22.4 Å². The molecule has 6 nitrogen and oxygen atoms in total. The third-order valence-electron chi connectivity index (χ3n) is 3.56. The molecular formula is C17H18ClN5O. The number of carbonyl (C=O) groups is 1. The normalized spacial score (nSPS) is 11.5. The standard InChI is InChI=1S/C17H18ClN5O/c1-2-15-22-13(9-19)8-16(23-15)21-10-12(17(20)24)7-11-5-3-4-6-14(11)18/h3-6,8,12H,2,7,10H2,1H3,(H2,20,24)(H,21,22,23). The summed E-state index contributed by atoms with van der Waals surface area (Å²) in [5.74, 6) is 0.199. The number of nitrogens with one attached hydrogen (secondary N) is 1. The van der Waals surface area contributed by atoms with Crippen LogP contribution in [0.2, 0.25) is 5.02 Å². The minimum Gasteiger partial charge on any atom is -0.369 e. The molecule has 1 aromatic heterocycles. The number of primary amides is 1. The van der Waals surface area contributed by atoms with Gasteiger partial charge in [-0.15, -0.1) is 0 Å². The van der Waals surface area contributed by atoms with Crippen molar-refractivity contribution in [3.8, 4) is 6.07 Å². The molecule has 0 radical (unpaired) electrons. The molecule has 1 amide bonds. The van der Waals surface area contributed by atoms with Crippen molar-refractivity contribution in [3.63, 3.8) is 0 Å². The minimum atomic E-state index is -0.449. The van der Waals surface area contributed by atoms with Gasteiger partial charge in [0.25, 0.3) is 0 Å². The summed E-state index contributed by atoms with van der Waals surface area (Å²) in [4.78, 5) is 20.1. The summed E-state index contributed by atoms with van der Waals surface area (Å²) >= 11 is 6.14. The number of nitrogens with two attached hydrogens (primary N) is 1. The van der Waals surface area contributed by atoms with Gasteiger partial charge in [0, 0.05) is 24.1 Å². The van der Waals surface area contributed by atoms with E-state index >= 15 is 0 Å². The van der Waals surface area contributed by atoms with Crippen LogP contribution < -0.4 is 11.1 Å². The summed E-state index contributed by atoms with van der Waals surface area (Å²) in [6, 6.07) is 10.9. The first kappa shape index (κ1) is 17.7. The molecule has 1 aromatic carbocycles. The zero-order chi connectivity index (χ0) is 17.5. The first-order valence-corrected chi connectivity index (χ1v) is 7.96. The Bertz CT molecular complexity index is 772. The van der Waals surface area contributed by atoms with Crippen LogP contribution in [0.3, 0.4) is 0 Å². The number of amides is 1. The first-order valence-electron chi connectivity index (χ1n) is 7.58. The number of aryl methyl sites for hydroxylation is 1. The van der Waals surface area contributed by atoms with E-state index in [1.54, 1.807) is 12.1 Å². The Kier molecular flexibility index (Phi) is 6.10. The van der Waals surface area contributed by atoms with Crippen molar-refractivity contribution in [1.82, 2.24) is 9.97 Å². The second kappa shape index (κ2) is 8.27. The fourth-order valence-electron chi connectivity index (χ4n) is 2.23. The Balaban J connectivity index is 2.11. The highest BCUT2D eigenvalue weighted by molar-refractivity contribution is 6.31. The molecule has 1 atom stereocenters. The number of hydrogen-bond acceptors (Lipinski definition) is 5. The first-order chi connectivity index (χ1) is 11.5. The van der Waals surface area contributed by atoms with Gasteiger partial charge >= 0.3 is 0 Å². The van der Waals surface area contributed by atoms with Crippen LogP contribution in [0.25, 0.3) is 0 Å². The molecule has 0 saturated carbocycles. The molecule has 1 unspecified atom stereocenters. The van der Waals surface area contributed by atoms with Crippen LogP contribution in [0.4, 0.5) is 5.82 Å². The molecule has 2 aromatic rings. The van der Waals surface area contributed by atoms with Crippen molar-refractivity contribution in [1.29, 1.82) is 5.26 Å². The van der Waals surface area contributed by atoms with E-state index < -0.39 is 11.8 Å². The van der Waals surface area contributed by atoms with E-state index in [-0.39, 0.29) is 5.69 Å². The topological polar surface area (TPSA) is 105 Å². The molecule has 2 rings (SSSR count). The number of halogens is 1. The number of rotatable bonds is 7. The van der Waals surface area contributed by atoms with Gasteiger partial charge in [-0.3, -0.25) is 4.79 Å². The third kappa shape index (κ3) is 4.67. The fraction of sp³-hybridized carbons (Fsp3) is 0.294. The lowest BCUT2D eigenvalue weighted by atomic mass is 9.98. The van der Waals surface area contributed by atoms with Crippen LogP contribution in [0, 0.1) is 17.2 Å². The fourth-order valence-corrected chi connectivity index (χ4v) is 2.45. The lowest BCUT2D eigenvalue weighted by molar-refractivity contribution is -0.121. The Hall–Kier alpha value is -2.65. The predicted octanol–water partition coefficient (Wildman–Crippen LogP) is 2.32. The number of nitrogens with zero attached hydrogens (tertiary/aromatic N) is 3. The summed E-state index contributed by atoms with van der Waals surface area (Å²) in [6.45, 7) is 2.20. The van der Waals surface area contributed by atoms with Crippen molar-refractivity contribution in [2.45, 2.75) is 19.8 Å². The van der Waals surface area contributed by atoms with Crippen LogP contribution in [-0.2, 0) is 17.6 Å². The van der Waals surface area contributed by atoms with Crippen LogP contribution in [0.5, 0.6) is 0 Å². The zero-order valence-electron chi connectivity index (χ0n) is 13.3. The molecule has 0 aliphatic rings. The Morgan fingerprint density at radius 2 is 2.17 bits per heavy atom. The van der Waals surface area contributed by atoms with Gasteiger partial charge in [-0.05, 0) is 18.1 Å². The molecule has 0 spiro atoms. The van der Waals surface area contributed by atoms with Crippen molar-refractivity contribution in [3.05, 3.63) is 52.4 Å². The molecule has 0 fully saturated rings. The Morgan fingerprint density at radius 3 is 2.79 bits per heavy atom. The van der Waals surface area contributed by atoms with Crippen molar-refractivity contribution in [2.75, 3.05) is 11.9 Å². The van der Waals surface area contributed by atoms with E-state index in [0.717, 1.165) is 5.56 Å². The highest BCUT2D eigenvalue weighted by atomic mass is 35.5. The molecule has 7 heteroatoms.